The van der Waals surface area contributed by atoms with Crippen molar-refractivity contribution in [2.45, 2.75) is 24.7 Å². The Morgan fingerprint density at radius 3 is 2.71 bits per heavy atom. The number of sulfone groups is 1. The second kappa shape index (κ2) is 8.97. The van der Waals surface area contributed by atoms with Crippen LogP contribution in [0.2, 0.25) is 0 Å². The zero-order valence-corrected chi connectivity index (χ0v) is 18.1. The predicted molar refractivity (Wildman–Crippen MR) is 115 cm³/mol. The number of carbonyl (C=O) groups excluding carboxylic acids is 1. The summed E-state index contributed by atoms with van der Waals surface area (Å²) in [5.74, 6) is -3.25. The summed E-state index contributed by atoms with van der Waals surface area (Å²) in [5.41, 5.74) is 0.525. The van der Waals surface area contributed by atoms with E-state index in [1.54, 1.807) is 30.3 Å². The van der Waals surface area contributed by atoms with Gasteiger partial charge < -0.3 is 4.74 Å². The van der Waals surface area contributed by atoms with E-state index in [-0.39, 0.29) is 33.7 Å². The van der Waals surface area contributed by atoms with Gasteiger partial charge in [0.1, 0.15) is 17.1 Å². The van der Waals surface area contributed by atoms with Gasteiger partial charge in [0, 0.05) is 12.7 Å². The summed E-state index contributed by atoms with van der Waals surface area (Å²) in [5, 5.41) is 0.120. The Morgan fingerprint density at radius 2 is 2.00 bits per heavy atom. The van der Waals surface area contributed by atoms with Gasteiger partial charge in [-0.05, 0) is 24.5 Å². The minimum atomic E-state index is -3.75. The molecule has 1 aliphatic heterocycles. The molecule has 2 heterocycles. The summed E-state index contributed by atoms with van der Waals surface area (Å²) in [6, 6.07) is 10.5. The van der Waals surface area contributed by atoms with E-state index in [0.29, 0.717) is 18.6 Å². The Morgan fingerprint density at radius 1 is 1.23 bits per heavy atom. The standard InChI is InChI=1S/C21H20F2N2O4S2/c22-15-9-17(23)20-18(10-15)30-21(24-20)25(11-16-7-4-8-29-16)19(26)13-31(27,28)12-14-5-2-1-3-6-14/h1-3,5-6,9-10,16H,4,7-8,11-13H2. The largest absolute Gasteiger partial charge is 0.376 e. The molecule has 3 aromatic rings. The molecule has 4 rings (SSSR count). The number of halogens is 2. The van der Waals surface area contributed by atoms with Crippen molar-refractivity contribution in [1.29, 1.82) is 0 Å². The molecule has 1 saturated heterocycles. The highest BCUT2D eigenvalue weighted by Gasteiger charge is 2.29. The van der Waals surface area contributed by atoms with Crippen molar-refractivity contribution < 1.29 is 26.7 Å². The minimum Gasteiger partial charge on any atom is -0.376 e. The maximum atomic E-state index is 14.1. The molecule has 0 radical (unpaired) electrons. The summed E-state index contributed by atoms with van der Waals surface area (Å²) in [7, 11) is -3.75. The van der Waals surface area contributed by atoms with Crippen LogP contribution in [0, 0.1) is 11.6 Å². The number of fused-ring (bicyclic) bond motifs is 1. The quantitative estimate of drug-likeness (QED) is 0.531. The lowest BCUT2D eigenvalue weighted by atomic mass is 10.2. The molecule has 164 valence electrons. The average Bonchev–Trinajstić information content (AvgIpc) is 3.35. The molecule has 1 unspecified atom stereocenters. The minimum absolute atomic E-state index is 0.0568. The summed E-state index contributed by atoms with van der Waals surface area (Å²) in [6.45, 7) is 0.655. The predicted octanol–water partition coefficient (Wildman–Crippen LogP) is 3.70. The zero-order valence-electron chi connectivity index (χ0n) is 16.5. The zero-order chi connectivity index (χ0) is 22.0. The van der Waals surface area contributed by atoms with E-state index in [9.17, 15) is 22.0 Å². The number of hydrogen-bond donors (Lipinski definition) is 0. The van der Waals surface area contributed by atoms with Crippen LogP contribution in [-0.2, 0) is 25.1 Å². The first-order valence-electron chi connectivity index (χ1n) is 9.73. The van der Waals surface area contributed by atoms with Crippen molar-refractivity contribution in [1.82, 2.24) is 4.98 Å². The van der Waals surface area contributed by atoms with Gasteiger partial charge in [-0.3, -0.25) is 9.69 Å². The second-order valence-corrected chi connectivity index (χ2v) is 10.5. The molecule has 0 N–H and O–H groups in total. The van der Waals surface area contributed by atoms with Crippen LogP contribution in [0.15, 0.2) is 42.5 Å². The monoisotopic (exact) mass is 466 g/mol. The molecule has 6 nitrogen and oxygen atoms in total. The molecular weight excluding hydrogens is 446 g/mol. The molecule has 1 aliphatic rings. The van der Waals surface area contributed by atoms with E-state index in [4.69, 9.17) is 4.74 Å². The Balaban J connectivity index is 1.61. The normalized spacial score (nSPS) is 16.6. The topological polar surface area (TPSA) is 76.6 Å². The van der Waals surface area contributed by atoms with Gasteiger partial charge in [0.2, 0.25) is 5.91 Å². The van der Waals surface area contributed by atoms with Gasteiger partial charge in [0.05, 0.1) is 23.1 Å². The van der Waals surface area contributed by atoms with E-state index < -0.39 is 33.1 Å². The summed E-state index contributed by atoms with van der Waals surface area (Å²) in [4.78, 5) is 18.4. The maximum Gasteiger partial charge on any atom is 0.244 e. The number of hydrogen-bond acceptors (Lipinski definition) is 6. The molecule has 2 aromatic carbocycles. The van der Waals surface area contributed by atoms with Gasteiger partial charge in [0.25, 0.3) is 0 Å². The fraction of sp³-hybridized carbons (Fsp3) is 0.333. The van der Waals surface area contributed by atoms with Gasteiger partial charge >= 0.3 is 0 Å². The van der Waals surface area contributed by atoms with Crippen LogP contribution in [0.3, 0.4) is 0 Å². The van der Waals surface area contributed by atoms with Crippen LogP contribution in [0.4, 0.5) is 13.9 Å². The fourth-order valence-corrected chi connectivity index (χ4v) is 5.85. The van der Waals surface area contributed by atoms with Gasteiger partial charge in [0.15, 0.2) is 20.8 Å². The Labute approximate surface area is 182 Å². The average molecular weight is 467 g/mol. The van der Waals surface area contributed by atoms with Gasteiger partial charge in [-0.15, -0.1) is 0 Å². The number of benzene rings is 2. The van der Waals surface area contributed by atoms with Gasteiger partial charge in [-0.2, -0.15) is 0 Å². The first-order chi connectivity index (χ1) is 14.8. The van der Waals surface area contributed by atoms with Crippen molar-refractivity contribution in [3.8, 4) is 0 Å². The lowest BCUT2D eigenvalue weighted by molar-refractivity contribution is -0.116. The molecule has 0 aliphatic carbocycles. The fourth-order valence-electron chi connectivity index (χ4n) is 3.48. The van der Waals surface area contributed by atoms with Crippen LogP contribution in [0.25, 0.3) is 10.2 Å². The highest BCUT2D eigenvalue weighted by Crippen LogP contribution is 2.32. The van der Waals surface area contributed by atoms with Crippen LogP contribution in [0.1, 0.15) is 18.4 Å². The summed E-state index contributed by atoms with van der Waals surface area (Å²) in [6.07, 6.45) is 1.28. The number of ether oxygens (including phenoxy) is 1. The first-order valence-corrected chi connectivity index (χ1v) is 12.4. The Kier molecular flexibility index (Phi) is 6.31. The van der Waals surface area contributed by atoms with Crippen LogP contribution in [-0.4, -0.2) is 44.3 Å². The SMILES string of the molecule is O=C(CS(=O)(=O)Cc1ccccc1)N(CC1CCCO1)c1nc2c(F)cc(F)cc2s1. The third-order valence-electron chi connectivity index (χ3n) is 4.92. The molecule has 1 atom stereocenters. The van der Waals surface area contributed by atoms with E-state index in [2.05, 4.69) is 4.98 Å². The molecule has 0 bridgehead atoms. The lowest BCUT2D eigenvalue weighted by Gasteiger charge is -2.23. The van der Waals surface area contributed by atoms with E-state index in [1.807, 2.05) is 0 Å². The molecule has 0 saturated carbocycles. The Hall–Kier alpha value is -2.43. The number of aromatic nitrogens is 1. The van der Waals surface area contributed by atoms with Crippen molar-refractivity contribution in [3.63, 3.8) is 0 Å². The van der Waals surface area contributed by atoms with Crippen molar-refractivity contribution >= 4 is 42.4 Å². The highest BCUT2D eigenvalue weighted by molar-refractivity contribution is 7.91. The van der Waals surface area contributed by atoms with Crippen molar-refractivity contribution in [2.75, 3.05) is 23.8 Å². The molecule has 0 spiro atoms. The van der Waals surface area contributed by atoms with Crippen LogP contribution in [0.5, 0.6) is 0 Å². The molecular formula is C21H20F2N2O4S2. The number of rotatable bonds is 7. The number of nitrogens with zero attached hydrogens (tertiary/aromatic N) is 2. The molecule has 31 heavy (non-hydrogen) atoms. The first kappa shape index (κ1) is 21.8. The number of carbonyl (C=O) groups is 1. The second-order valence-electron chi connectivity index (χ2n) is 7.39. The number of anilines is 1. The molecule has 1 aromatic heterocycles. The van der Waals surface area contributed by atoms with Gasteiger partial charge in [-0.1, -0.05) is 41.7 Å². The van der Waals surface area contributed by atoms with Gasteiger partial charge in [-0.25, -0.2) is 22.2 Å². The lowest BCUT2D eigenvalue weighted by Crippen LogP contribution is -2.41. The van der Waals surface area contributed by atoms with E-state index >= 15 is 0 Å². The van der Waals surface area contributed by atoms with Crippen molar-refractivity contribution in [3.05, 3.63) is 59.7 Å². The van der Waals surface area contributed by atoms with Crippen molar-refractivity contribution in [2.24, 2.45) is 0 Å². The Bertz CT molecular complexity index is 1190. The summed E-state index contributed by atoms with van der Waals surface area (Å²) >= 11 is 0.939. The molecule has 1 fully saturated rings. The summed E-state index contributed by atoms with van der Waals surface area (Å²) < 4.78 is 58.8. The maximum absolute atomic E-state index is 14.1. The number of amides is 1. The molecule has 10 heteroatoms. The third kappa shape index (κ3) is 5.25. The van der Waals surface area contributed by atoms with Crippen LogP contribution < -0.4 is 4.90 Å². The number of thiazole rings is 1. The van der Waals surface area contributed by atoms with Crippen LogP contribution >= 0.6 is 11.3 Å². The third-order valence-corrected chi connectivity index (χ3v) is 7.40. The highest BCUT2D eigenvalue weighted by atomic mass is 32.2. The molecule has 1 amide bonds. The van der Waals surface area contributed by atoms with E-state index in [0.717, 1.165) is 29.9 Å². The van der Waals surface area contributed by atoms with E-state index in [1.165, 1.54) is 4.90 Å². The smallest absolute Gasteiger partial charge is 0.244 e.